The molecule has 3 rings (SSSR count). The summed E-state index contributed by atoms with van der Waals surface area (Å²) >= 11 is 0. The molecular weight excluding hydrogens is 270 g/mol. The van der Waals surface area contributed by atoms with E-state index in [1.54, 1.807) is 4.57 Å². The van der Waals surface area contributed by atoms with E-state index in [4.69, 9.17) is 11.5 Å². The Balaban J connectivity index is 2.46. The predicted octanol–water partition coefficient (Wildman–Crippen LogP) is 0.326. The molecule has 0 radical (unpaired) electrons. The van der Waals surface area contributed by atoms with Crippen LogP contribution in [0.4, 0.5) is 0 Å². The molecule has 1 aromatic carbocycles. The van der Waals surface area contributed by atoms with E-state index in [-0.39, 0.29) is 16.6 Å². The Kier molecular flexibility index (Phi) is 3.19. The third-order valence-electron chi connectivity index (χ3n) is 3.51. The van der Waals surface area contributed by atoms with Crippen molar-refractivity contribution in [3.8, 4) is 0 Å². The molecule has 0 fully saturated rings. The summed E-state index contributed by atoms with van der Waals surface area (Å²) in [4.78, 5) is 24.2. The lowest BCUT2D eigenvalue weighted by Gasteiger charge is -2.10. The van der Waals surface area contributed by atoms with Crippen LogP contribution in [0.25, 0.3) is 21.8 Å². The molecule has 0 saturated heterocycles. The molecule has 2 heterocycles. The number of carbonyl (C=O) groups excluding carboxylic acids is 1. The molecule has 3 aromatic rings. The fourth-order valence-electron chi connectivity index (χ4n) is 2.55. The van der Waals surface area contributed by atoms with Gasteiger partial charge in [-0.2, -0.15) is 5.10 Å². The average Bonchev–Trinajstić information content (AvgIpc) is 2.93. The summed E-state index contributed by atoms with van der Waals surface area (Å²) in [6, 6.07) is 7.43. The van der Waals surface area contributed by atoms with Crippen LogP contribution in [-0.2, 0) is 6.54 Å². The first-order valence-electron chi connectivity index (χ1n) is 6.64. The summed E-state index contributed by atoms with van der Waals surface area (Å²) in [6.45, 7) is 0.960. The predicted molar refractivity (Wildman–Crippen MR) is 80.0 cm³/mol. The van der Waals surface area contributed by atoms with Gasteiger partial charge < -0.3 is 16.0 Å². The molecule has 0 saturated carbocycles. The van der Waals surface area contributed by atoms with Gasteiger partial charge in [0.2, 0.25) is 0 Å². The molecule has 0 spiro atoms. The minimum atomic E-state index is -0.699. The van der Waals surface area contributed by atoms with E-state index >= 15 is 0 Å². The summed E-state index contributed by atoms with van der Waals surface area (Å²) < 4.78 is 1.62. The number of pyridine rings is 1. The van der Waals surface area contributed by atoms with Crippen LogP contribution in [0.3, 0.4) is 0 Å². The lowest BCUT2D eigenvalue weighted by molar-refractivity contribution is 0.0997. The van der Waals surface area contributed by atoms with Gasteiger partial charge in [0.25, 0.3) is 11.5 Å². The van der Waals surface area contributed by atoms with Gasteiger partial charge in [-0.3, -0.25) is 14.7 Å². The summed E-state index contributed by atoms with van der Waals surface area (Å²) in [6.07, 6.45) is 0.666. The zero-order valence-corrected chi connectivity index (χ0v) is 11.3. The van der Waals surface area contributed by atoms with Crippen molar-refractivity contribution >= 4 is 27.7 Å². The van der Waals surface area contributed by atoms with Crippen molar-refractivity contribution in [2.24, 2.45) is 11.5 Å². The number of hydrogen-bond donors (Lipinski definition) is 3. The van der Waals surface area contributed by atoms with Crippen molar-refractivity contribution in [3.63, 3.8) is 0 Å². The van der Waals surface area contributed by atoms with Gasteiger partial charge in [-0.15, -0.1) is 0 Å². The largest absolute Gasteiger partial charge is 0.364 e. The van der Waals surface area contributed by atoms with Crippen molar-refractivity contribution in [3.05, 3.63) is 40.3 Å². The molecule has 0 atom stereocenters. The molecule has 21 heavy (non-hydrogen) atoms. The van der Waals surface area contributed by atoms with E-state index in [1.165, 1.54) is 0 Å². The van der Waals surface area contributed by atoms with E-state index in [2.05, 4.69) is 10.2 Å². The third-order valence-corrected chi connectivity index (χ3v) is 3.51. The fourth-order valence-corrected chi connectivity index (χ4v) is 2.55. The second-order valence-corrected chi connectivity index (χ2v) is 4.80. The van der Waals surface area contributed by atoms with Crippen LogP contribution in [-0.4, -0.2) is 27.2 Å². The number of amides is 1. The highest BCUT2D eigenvalue weighted by Gasteiger charge is 2.19. The Hall–Kier alpha value is -2.67. The first kappa shape index (κ1) is 13.3. The number of carbonyl (C=O) groups is 1. The van der Waals surface area contributed by atoms with E-state index in [9.17, 15) is 9.59 Å². The number of aromatic amines is 1. The zero-order valence-electron chi connectivity index (χ0n) is 11.3. The molecular formula is C14H15N5O2. The number of primary amides is 1. The Morgan fingerprint density at radius 3 is 2.81 bits per heavy atom. The first-order valence-corrected chi connectivity index (χ1v) is 6.64. The topological polar surface area (TPSA) is 120 Å². The number of nitrogens with one attached hydrogen (secondary N) is 1. The molecule has 0 aliphatic rings. The number of hydrogen-bond acceptors (Lipinski definition) is 4. The van der Waals surface area contributed by atoms with Gasteiger partial charge >= 0.3 is 0 Å². The number of nitrogens with two attached hydrogens (primary N) is 2. The van der Waals surface area contributed by atoms with Gasteiger partial charge in [-0.05, 0) is 19.0 Å². The first-order chi connectivity index (χ1) is 10.1. The highest BCUT2D eigenvalue weighted by Crippen LogP contribution is 2.22. The normalized spacial score (nSPS) is 11.3. The van der Waals surface area contributed by atoms with Gasteiger partial charge in [0.05, 0.1) is 10.9 Å². The minimum Gasteiger partial charge on any atom is -0.364 e. The maximum Gasteiger partial charge on any atom is 0.267 e. The lowest BCUT2D eigenvalue weighted by atomic mass is 10.1. The van der Waals surface area contributed by atoms with Crippen LogP contribution in [0.15, 0.2) is 29.1 Å². The van der Waals surface area contributed by atoms with Crippen LogP contribution in [0.1, 0.15) is 16.9 Å². The number of nitrogens with zero attached hydrogens (tertiary/aromatic N) is 2. The monoisotopic (exact) mass is 285 g/mol. The van der Waals surface area contributed by atoms with Crippen LogP contribution in [0, 0.1) is 0 Å². The smallest absolute Gasteiger partial charge is 0.267 e. The number of H-pyrrole nitrogens is 1. The number of aryl methyl sites for hydroxylation is 1. The maximum atomic E-state index is 12.7. The highest BCUT2D eigenvalue weighted by atomic mass is 16.1. The Bertz CT molecular complexity index is 893. The van der Waals surface area contributed by atoms with Crippen molar-refractivity contribution < 1.29 is 4.79 Å². The summed E-state index contributed by atoms with van der Waals surface area (Å²) in [5.74, 6) is -0.699. The van der Waals surface area contributed by atoms with Crippen molar-refractivity contribution in [1.82, 2.24) is 14.8 Å². The molecule has 0 aliphatic carbocycles. The molecule has 1 amide bonds. The number of rotatable bonds is 4. The lowest BCUT2D eigenvalue weighted by Crippen LogP contribution is -2.24. The Morgan fingerprint density at radius 2 is 2.10 bits per heavy atom. The maximum absolute atomic E-state index is 12.7. The molecule has 0 bridgehead atoms. The zero-order chi connectivity index (χ0) is 15.0. The summed E-state index contributed by atoms with van der Waals surface area (Å²) in [5.41, 5.74) is 11.8. The second-order valence-electron chi connectivity index (χ2n) is 4.80. The number of aromatic nitrogens is 3. The summed E-state index contributed by atoms with van der Waals surface area (Å²) in [5, 5.41) is 7.69. The molecule has 0 unspecified atom stereocenters. The number of para-hydroxylation sites is 1. The minimum absolute atomic E-state index is 0.0438. The molecule has 0 aliphatic heterocycles. The molecule has 2 aromatic heterocycles. The average molecular weight is 285 g/mol. The molecule has 7 heteroatoms. The van der Waals surface area contributed by atoms with E-state index in [1.807, 2.05) is 24.3 Å². The highest BCUT2D eigenvalue weighted by molar-refractivity contribution is 6.11. The fraction of sp³-hybridized carbons (Fsp3) is 0.214. The molecule has 5 N–H and O–H groups in total. The standard InChI is InChI=1S/C14H15N5O2/c15-6-3-7-19-9-5-2-1-4-8(9)11-10(14(19)21)12(13(16)20)18-17-11/h1-2,4-5H,3,6-7,15H2,(H2,16,20)(H,17,18). The van der Waals surface area contributed by atoms with Crippen LogP contribution in [0.5, 0.6) is 0 Å². The van der Waals surface area contributed by atoms with Gasteiger partial charge in [0.15, 0.2) is 0 Å². The SMILES string of the molecule is NCCCn1c(=O)c2c(C(N)=O)[nH]nc2c2ccccc21. The Morgan fingerprint density at radius 1 is 1.33 bits per heavy atom. The molecule has 7 nitrogen and oxygen atoms in total. The molecule has 108 valence electrons. The van der Waals surface area contributed by atoms with Gasteiger partial charge in [-0.1, -0.05) is 18.2 Å². The van der Waals surface area contributed by atoms with E-state index in [0.29, 0.717) is 25.0 Å². The Labute approximate surface area is 119 Å². The third kappa shape index (κ3) is 1.98. The van der Waals surface area contributed by atoms with Crippen molar-refractivity contribution in [2.45, 2.75) is 13.0 Å². The van der Waals surface area contributed by atoms with E-state index < -0.39 is 5.91 Å². The summed E-state index contributed by atoms with van der Waals surface area (Å²) in [7, 11) is 0. The number of fused-ring (bicyclic) bond motifs is 3. The van der Waals surface area contributed by atoms with Crippen LogP contribution >= 0.6 is 0 Å². The van der Waals surface area contributed by atoms with Gasteiger partial charge in [0, 0.05) is 11.9 Å². The van der Waals surface area contributed by atoms with Crippen LogP contribution < -0.4 is 17.0 Å². The van der Waals surface area contributed by atoms with Crippen molar-refractivity contribution in [2.75, 3.05) is 6.54 Å². The second kappa shape index (κ2) is 5.02. The quantitative estimate of drug-likeness (QED) is 0.639. The van der Waals surface area contributed by atoms with Crippen LogP contribution in [0.2, 0.25) is 0 Å². The van der Waals surface area contributed by atoms with Crippen molar-refractivity contribution in [1.29, 1.82) is 0 Å². The van der Waals surface area contributed by atoms with Gasteiger partial charge in [-0.25, -0.2) is 0 Å². The number of benzene rings is 1. The van der Waals surface area contributed by atoms with E-state index in [0.717, 1.165) is 10.9 Å². The van der Waals surface area contributed by atoms with Gasteiger partial charge in [0.1, 0.15) is 11.2 Å².